The molecule has 0 fully saturated rings. The molecule has 14 heavy (non-hydrogen) atoms. The summed E-state index contributed by atoms with van der Waals surface area (Å²) in [5.41, 5.74) is 6.30. The highest BCUT2D eigenvalue weighted by molar-refractivity contribution is 5.79. The third-order valence-electron chi connectivity index (χ3n) is 1.24. The minimum Gasteiger partial charge on any atom is -0.387 e. The highest BCUT2D eigenvalue weighted by atomic mass is 16.9. The number of nitrogens with two attached hydrogens (primary N) is 1. The third kappa shape index (κ3) is 7.99. The Balaban J connectivity index is 0.000000364. The van der Waals surface area contributed by atoms with E-state index < -0.39 is 5.09 Å². The van der Waals surface area contributed by atoms with Crippen molar-refractivity contribution in [2.24, 2.45) is 5.73 Å². The number of nitrogens with one attached hydrogen (secondary N) is 1. The summed E-state index contributed by atoms with van der Waals surface area (Å²) < 4.78 is 0. The Hall–Kier alpha value is -2.11. The van der Waals surface area contributed by atoms with Crippen LogP contribution in [0.3, 0.4) is 0 Å². The second-order valence-corrected chi connectivity index (χ2v) is 2.43. The summed E-state index contributed by atoms with van der Waals surface area (Å²) in [4.78, 5) is 8.36. The molecule has 0 spiro atoms. The van der Waals surface area contributed by atoms with Crippen LogP contribution in [-0.2, 0) is 6.42 Å². The van der Waals surface area contributed by atoms with Crippen molar-refractivity contribution < 1.29 is 10.3 Å². The predicted molar refractivity (Wildman–Crippen MR) is 50.8 cm³/mol. The van der Waals surface area contributed by atoms with Crippen LogP contribution in [-0.4, -0.2) is 16.1 Å². The van der Waals surface area contributed by atoms with Gasteiger partial charge in [-0.1, -0.05) is 30.3 Å². The second-order valence-electron chi connectivity index (χ2n) is 2.43. The van der Waals surface area contributed by atoms with Crippen molar-refractivity contribution in [3.05, 3.63) is 46.0 Å². The molecule has 0 bridgehead atoms. The van der Waals surface area contributed by atoms with Crippen LogP contribution in [0.5, 0.6) is 0 Å². The maximum Gasteiger partial charge on any atom is 0.291 e. The number of nitrogens with zero attached hydrogens (tertiary/aromatic N) is 1. The van der Waals surface area contributed by atoms with Gasteiger partial charge in [0.25, 0.3) is 5.09 Å². The largest absolute Gasteiger partial charge is 0.387 e. The molecule has 0 unspecified atom stereocenters. The summed E-state index contributed by atoms with van der Waals surface area (Å²) in [6, 6.07) is 9.75. The standard InChI is InChI=1S/C8H10N2.HNO3/c9-8(10)6-7-4-2-1-3-5-7;2-1(3)4/h1-5H,6H2,(H3,9,10);(H,2,3,4). The predicted octanol–water partition coefficient (Wildman–Crippen LogP) is 0.817. The van der Waals surface area contributed by atoms with Crippen LogP contribution >= 0.6 is 0 Å². The second kappa shape index (κ2) is 6.41. The molecule has 0 atom stereocenters. The lowest BCUT2D eigenvalue weighted by molar-refractivity contribution is -0.742. The zero-order valence-electron chi connectivity index (χ0n) is 7.38. The number of hydrogen-bond donors (Lipinski definition) is 3. The first kappa shape index (κ1) is 11.9. The number of rotatable bonds is 2. The lowest BCUT2D eigenvalue weighted by Crippen LogP contribution is -2.12. The van der Waals surface area contributed by atoms with E-state index in [0.717, 1.165) is 5.56 Å². The van der Waals surface area contributed by atoms with Gasteiger partial charge in [-0.15, -0.1) is 10.1 Å². The fourth-order valence-electron chi connectivity index (χ4n) is 0.816. The summed E-state index contributed by atoms with van der Waals surface area (Å²) >= 11 is 0. The lowest BCUT2D eigenvalue weighted by Gasteiger charge is -1.96. The van der Waals surface area contributed by atoms with Gasteiger partial charge < -0.3 is 10.9 Å². The van der Waals surface area contributed by atoms with Gasteiger partial charge in [0.15, 0.2) is 0 Å². The molecule has 1 aromatic carbocycles. The molecule has 6 nitrogen and oxygen atoms in total. The zero-order chi connectivity index (χ0) is 11.0. The first-order valence-electron chi connectivity index (χ1n) is 3.72. The Morgan fingerprint density at radius 3 is 2.29 bits per heavy atom. The molecule has 0 aliphatic rings. The molecule has 0 heterocycles. The minimum atomic E-state index is -1.50. The average molecular weight is 197 g/mol. The van der Waals surface area contributed by atoms with E-state index in [2.05, 4.69) is 0 Å². The van der Waals surface area contributed by atoms with Crippen molar-refractivity contribution in [3.8, 4) is 0 Å². The fourth-order valence-corrected chi connectivity index (χ4v) is 0.816. The van der Waals surface area contributed by atoms with E-state index in [4.69, 9.17) is 26.5 Å². The SMILES string of the molecule is N=C(N)Cc1ccccc1.O=[N+]([O-])O. The van der Waals surface area contributed by atoms with E-state index in [0.29, 0.717) is 6.42 Å². The number of benzene rings is 1. The molecule has 0 aromatic heterocycles. The van der Waals surface area contributed by atoms with Crippen molar-refractivity contribution in [1.82, 2.24) is 0 Å². The molecule has 0 saturated heterocycles. The summed E-state index contributed by atoms with van der Waals surface area (Å²) in [5, 5.41) is 20.6. The number of amidine groups is 1. The van der Waals surface area contributed by atoms with E-state index in [1.54, 1.807) is 0 Å². The van der Waals surface area contributed by atoms with Gasteiger partial charge in [0.05, 0.1) is 5.84 Å². The van der Waals surface area contributed by atoms with Gasteiger partial charge in [-0.3, -0.25) is 5.41 Å². The van der Waals surface area contributed by atoms with E-state index >= 15 is 0 Å². The molecule has 0 radical (unpaired) electrons. The van der Waals surface area contributed by atoms with Gasteiger partial charge in [0, 0.05) is 6.42 Å². The number of hydrogen-bond acceptors (Lipinski definition) is 3. The Kier molecular flexibility index (Phi) is 5.44. The van der Waals surface area contributed by atoms with E-state index in [1.165, 1.54) is 0 Å². The van der Waals surface area contributed by atoms with Crippen molar-refractivity contribution in [2.45, 2.75) is 6.42 Å². The Morgan fingerprint density at radius 1 is 1.50 bits per heavy atom. The van der Waals surface area contributed by atoms with Crippen LogP contribution in [0, 0.1) is 15.5 Å². The topological polar surface area (TPSA) is 113 Å². The summed E-state index contributed by atoms with van der Waals surface area (Å²) in [5.74, 6) is 0.214. The Bertz CT molecular complexity index is 296. The van der Waals surface area contributed by atoms with E-state index in [-0.39, 0.29) is 5.84 Å². The van der Waals surface area contributed by atoms with Crippen molar-refractivity contribution in [3.63, 3.8) is 0 Å². The summed E-state index contributed by atoms with van der Waals surface area (Å²) in [6.07, 6.45) is 0.556. The van der Waals surface area contributed by atoms with Gasteiger partial charge in [0.1, 0.15) is 0 Å². The minimum absolute atomic E-state index is 0.214. The van der Waals surface area contributed by atoms with Gasteiger partial charge in [-0.05, 0) is 5.56 Å². The molecule has 0 aliphatic heterocycles. The molecule has 1 aromatic rings. The van der Waals surface area contributed by atoms with E-state index in [1.807, 2.05) is 30.3 Å². The van der Waals surface area contributed by atoms with Gasteiger partial charge in [0.2, 0.25) is 0 Å². The first-order chi connectivity index (χ1) is 6.52. The van der Waals surface area contributed by atoms with Crippen molar-refractivity contribution in [1.29, 1.82) is 5.41 Å². The quantitative estimate of drug-likeness (QED) is 0.282. The maximum atomic E-state index is 8.36. The maximum absolute atomic E-state index is 8.36. The Labute approximate surface area is 80.6 Å². The molecular weight excluding hydrogens is 186 g/mol. The average Bonchev–Trinajstić information content (AvgIpc) is 2.03. The molecule has 0 amide bonds. The molecule has 6 heteroatoms. The van der Waals surface area contributed by atoms with Gasteiger partial charge in [-0.25, -0.2) is 0 Å². The monoisotopic (exact) mass is 197 g/mol. The highest BCUT2D eigenvalue weighted by Crippen LogP contribution is 1.97. The van der Waals surface area contributed by atoms with Crippen LogP contribution in [0.1, 0.15) is 5.56 Å². The fraction of sp³-hybridized carbons (Fsp3) is 0.125. The normalized spacial score (nSPS) is 8.29. The smallest absolute Gasteiger partial charge is 0.291 e. The Morgan fingerprint density at radius 2 is 1.93 bits per heavy atom. The van der Waals surface area contributed by atoms with Crippen molar-refractivity contribution in [2.75, 3.05) is 0 Å². The summed E-state index contributed by atoms with van der Waals surface area (Å²) in [7, 11) is 0. The van der Waals surface area contributed by atoms with Crippen molar-refractivity contribution >= 4 is 5.84 Å². The molecule has 4 N–H and O–H groups in total. The van der Waals surface area contributed by atoms with Gasteiger partial charge >= 0.3 is 0 Å². The molecule has 0 saturated carbocycles. The van der Waals surface area contributed by atoms with Crippen LogP contribution in [0.4, 0.5) is 0 Å². The molecule has 0 aliphatic carbocycles. The molecular formula is C8H11N3O3. The molecule has 76 valence electrons. The van der Waals surface area contributed by atoms with Crippen LogP contribution in [0.25, 0.3) is 0 Å². The van der Waals surface area contributed by atoms with Gasteiger partial charge in [-0.2, -0.15) is 0 Å². The zero-order valence-corrected chi connectivity index (χ0v) is 7.38. The summed E-state index contributed by atoms with van der Waals surface area (Å²) in [6.45, 7) is 0. The highest BCUT2D eigenvalue weighted by Gasteiger charge is 1.90. The van der Waals surface area contributed by atoms with E-state index in [9.17, 15) is 0 Å². The van der Waals surface area contributed by atoms with Crippen LogP contribution in [0.15, 0.2) is 30.3 Å². The molecule has 1 rings (SSSR count). The lowest BCUT2D eigenvalue weighted by atomic mass is 10.1. The van der Waals surface area contributed by atoms with Crippen LogP contribution in [0.2, 0.25) is 0 Å². The van der Waals surface area contributed by atoms with Crippen LogP contribution < -0.4 is 5.73 Å². The first-order valence-corrected chi connectivity index (χ1v) is 3.72. The third-order valence-corrected chi connectivity index (χ3v) is 1.24.